The van der Waals surface area contributed by atoms with Gasteiger partial charge in [-0.3, -0.25) is 14.4 Å². The van der Waals surface area contributed by atoms with Crippen molar-refractivity contribution in [3.8, 4) is 0 Å². The number of rotatable bonds is 8. The van der Waals surface area contributed by atoms with E-state index in [9.17, 15) is 14.4 Å². The Hall–Kier alpha value is -2.08. The van der Waals surface area contributed by atoms with E-state index in [0.717, 1.165) is 18.4 Å². The van der Waals surface area contributed by atoms with Gasteiger partial charge >= 0.3 is 11.9 Å². The second-order valence-electron chi connectivity index (χ2n) is 6.40. The number of amides is 1. The molecule has 0 atom stereocenters. The number of benzene rings is 1. The van der Waals surface area contributed by atoms with Crippen molar-refractivity contribution in [2.24, 2.45) is 0 Å². The van der Waals surface area contributed by atoms with Crippen LogP contribution in [0.25, 0.3) is 0 Å². The number of methoxy groups -OCH3 is 1. The highest BCUT2D eigenvalue weighted by Crippen LogP contribution is 2.42. The fourth-order valence-electron chi connectivity index (χ4n) is 3.24. The summed E-state index contributed by atoms with van der Waals surface area (Å²) in [6.07, 6.45) is 3.99. The molecule has 7 heteroatoms. The van der Waals surface area contributed by atoms with Crippen molar-refractivity contribution < 1.29 is 23.9 Å². The molecule has 1 fully saturated rings. The minimum atomic E-state index is -0.699. The number of halogens is 1. The summed E-state index contributed by atoms with van der Waals surface area (Å²) in [5.41, 5.74) is 0.179. The van der Waals surface area contributed by atoms with Gasteiger partial charge in [-0.25, -0.2) is 0 Å². The summed E-state index contributed by atoms with van der Waals surface area (Å²) in [5.74, 6) is -1.08. The highest BCUT2D eigenvalue weighted by molar-refractivity contribution is 6.30. The standard InChI is InChI=1S/C19H24ClNO5/c1-25-17(23)5-4-12-21-16(22)13-26-18(24)19(10-2-3-11-19)14-6-8-15(20)9-7-14/h6-9H,2-5,10-13H2,1H3,(H,21,22). The Morgan fingerprint density at radius 2 is 1.81 bits per heavy atom. The summed E-state index contributed by atoms with van der Waals surface area (Å²) >= 11 is 5.94. The minimum Gasteiger partial charge on any atom is -0.469 e. The minimum absolute atomic E-state index is 0.232. The molecule has 1 aromatic rings. The summed E-state index contributed by atoms with van der Waals surface area (Å²) in [7, 11) is 1.32. The lowest BCUT2D eigenvalue weighted by Gasteiger charge is -2.27. The predicted molar refractivity (Wildman–Crippen MR) is 96.8 cm³/mol. The van der Waals surface area contributed by atoms with Gasteiger partial charge in [-0.1, -0.05) is 36.6 Å². The highest BCUT2D eigenvalue weighted by Gasteiger charge is 2.44. The summed E-state index contributed by atoms with van der Waals surface area (Å²) in [5, 5.41) is 3.24. The Labute approximate surface area is 158 Å². The Morgan fingerprint density at radius 1 is 1.15 bits per heavy atom. The van der Waals surface area contributed by atoms with Crippen LogP contribution in [-0.4, -0.2) is 38.1 Å². The second-order valence-corrected chi connectivity index (χ2v) is 6.84. The lowest BCUT2D eigenvalue weighted by molar-refractivity contribution is -0.154. The molecule has 2 rings (SSSR count). The van der Waals surface area contributed by atoms with Crippen LogP contribution in [0.1, 0.15) is 44.1 Å². The van der Waals surface area contributed by atoms with E-state index < -0.39 is 5.41 Å². The highest BCUT2D eigenvalue weighted by atomic mass is 35.5. The first kappa shape index (κ1) is 20.2. The van der Waals surface area contributed by atoms with Gasteiger partial charge in [-0.05, 0) is 37.0 Å². The van der Waals surface area contributed by atoms with Crippen LogP contribution in [0.3, 0.4) is 0 Å². The van der Waals surface area contributed by atoms with Gasteiger partial charge in [0.15, 0.2) is 6.61 Å². The largest absolute Gasteiger partial charge is 0.469 e. The van der Waals surface area contributed by atoms with Gasteiger partial charge in [0.05, 0.1) is 12.5 Å². The maximum absolute atomic E-state index is 12.7. The molecule has 0 spiro atoms. The molecule has 26 heavy (non-hydrogen) atoms. The molecule has 0 bridgehead atoms. The molecule has 0 saturated heterocycles. The average molecular weight is 382 g/mol. The first-order chi connectivity index (χ1) is 12.5. The van der Waals surface area contributed by atoms with Gasteiger partial charge in [0, 0.05) is 18.0 Å². The second kappa shape index (κ2) is 9.57. The van der Waals surface area contributed by atoms with Crippen molar-refractivity contribution in [2.75, 3.05) is 20.3 Å². The third kappa shape index (κ3) is 5.21. The van der Waals surface area contributed by atoms with Crippen LogP contribution in [0.2, 0.25) is 5.02 Å². The van der Waals surface area contributed by atoms with Crippen LogP contribution in [0, 0.1) is 0 Å². The normalized spacial score (nSPS) is 15.3. The van der Waals surface area contributed by atoms with Crippen molar-refractivity contribution in [3.63, 3.8) is 0 Å². The maximum atomic E-state index is 12.7. The topological polar surface area (TPSA) is 81.7 Å². The van der Waals surface area contributed by atoms with E-state index in [1.807, 2.05) is 12.1 Å². The fraction of sp³-hybridized carbons (Fsp3) is 0.526. The van der Waals surface area contributed by atoms with Gasteiger partial charge < -0.3 is 14.8 Å². The third-order valence-electron chi connectivity index (χ3n) is 4.69. The molecule has 1 amide bonds. The van der Waals surface area contributed by atoms with Crippen molar-refractivity contribution in [2.45, 2.75) is 43.9 Å². The molecule has 1 aliphatic rings. The van der Waals surface area contributed by atoms with Crippen molar-refractivity contribution >= 4 is 29.4 Å². The van der Waals surface area contributed by atoms with Gasteiger partial charge in [-0.15, -0.1) is 0 Å². The molecule has 6 nitrogen and oxygen atoms in total. The lowest BCUT2D eigenvalue weighted by Crippen LogP contribution is -2.38. The Bertz CT molecular complexity index is 638. The van der Waals surface area contributed by atoms with Crippen LogP contribution >= 0.6 is 11.6 Å². The summed E-state index contributed by atoms with van der Waals surface area (Å²) < 4.78 is 9.82. The lowest BCUT2D eigenvalue weighted by atomic mass is 9.79. The van der Waals surface area contributed by atoms with Crippen LogP contribution in [0.15, 0.2) is 24.3 Å². The molecule has 0 heterocycles. The predicted octanol–water partition coefficient (Wildman–Crippen LogP) is 2.76. The molecule has 1 saturated carbocycles. The molecule has 0 aromatic heterocycles. The van der Waals surface area contributed by atoms with E-state index in [4.69, 9.17) is 16.3 Å². The molecule has 1 aliphatic carbocycles. The Morgan fingerprint density at radius 3 is 2.42 bits per heavy atom. The number of hydrogen-bond acceptors (Lipinski definition) is 5. The van der Waals surface area contributed by atoms with Crippen LogP contribution < -0.4 is 5.32 Å². The van der Waals surface area contributed by atoms with Crippen LogP contribution in [-0.2, 0) is 29.3 Å². The summed E-state index contributed by atoms with van der Waals surface area (Å²) in [6, 6.07) is 7.22. The number of carbonyl (C=O) groups excluding carboxylic acids is 3. The monoisotopic (exact) mass is 381 g/mol. The molecule has 142 valence electrons. The first-order valence-electron chi connectivity index (χ1n) is 8.75. The van der Waals surface area contributed by atoms with E-state index in [1.54, 1.807) is 12.1 Å². The van der Waals surface area contributed by atoms with Gasteiger partial charge in [0.25, 0.3) is 5.91 Å². The van der Waals surface area contributed by atoms with Crippen molar-refractivity contribution in [1.82, 2.24) is 5.32 Å². The van der Waals surface area contributed by atoms with Gasteiger partial charge in [0.2, 0.25) is 0 Å². The first-order valence-corrected chi connectivity index (χ1v) is 9.12. The zero-order valence-electron chi connectivity index (χ0n) is 14.9. The van der Waals surface area contributed by atoms with E-state index >= 15 is 0 Å². The van der Waals surface area contributed by atoms with E-state index in [-0.39, 0.29) is 30.9 Å². The zero-order valence-corrected chi connectivity index (χ0v) is 15.6. The van der Waals surface area contributed by atoms with Crippen LogP contribution in [0.4, 0.5) is 0 Å². The van der Waals surface area contributed by atoms with E-state index in [0.29, 0.717) is 30.8 Å². The van der Waals surface area contributed by atoms with E-state index in [2.05, 4.69) is 10.1 Å². The molecular formula is C19H24ClNO5. The number of hydrogen-bond donors (Lipinski definition) is 1. The quantitative estimate of drug-likeness (QED) is 0.553. The number of nitrogens with one attached hydrogen (secondary N) is 1. The maximum Gasteiger partial charge on any atom is 0.317 e. The SMILES string of the molecule is COC(=O)CCCNC(=O)COC(=O)C1(c2ccc(Cl)cc2)CCCC1. The van der Waals surface area contributed by atoms with Gasteiger partial charge in [0.1, 0.15) is 0 Å². The fourth-order valence-corrected chi connectivity index (χ4v) is 3.37. The van der Waals surface area contributed by atoms with Crippen LogP contribution in [0.5, 0.6) is 0 Å². The molecule has 1 aromatic carbocycles. The molecule has 0 radical (unpaired) electrons. The zero-order chi connectivity index (χ0) is 19.0. The van der Waals surface area contributed by atoms with Crippen molar-refractivity contribution in [3.05, 3.63) is 34.9 Å². The molecule has 0 aliphatic heterocycles. The summed E-state index contributed by atoms with van der Waals surface area (Å²) in [4.78, 5) is 35.6. The number of ether oxygens (including phenoxy) is 2. The average Bonchev–Trinajstić information content (AvgIpc) is 3.14. The Kier molecular flexibility index (Phi) is 7.45. The van der Waals surface area contributed by atoms with Gasteiger partial charge in [-0.2, -0.15) is 0 Å². The van der Waals surface area contributed by atoms with Crippen molar-refractivity contribution in [1.29, 1.82) is 0 Å². The Balaban J connectivity index is 1.85. The van der Waals surface area contributed by atoms with E-state index in [1.165, 1.54) is 7.11 Å². The molecule has 1 N–H and O–H groups in total. The summed E-state index contributed by atoms with van der Waals surface area (Å²) in [6.45, 7) is 0.000207. The number of esters is 2. The number of carbonyl (C=O) groups is 3. The molecule has 0 unspecified atom stereocenters. The smallest absolute Gasteiger partial charge is 0.317 e. The third-order valence-corrected chi connectivity index (χ3v) is 4.94. The molecular weight excluding hydrogens is 358 g/mol.